The minimum atomic E-state index is -0.648. The quantitative estimate of drug-likeness (QED) is 0.297. The van der Waals surface area contributed by atoms with Crippen LogP contribution in [0.3, 0.4) is 0 Å². The summed E-state index contributed by atoms with van der Waals surface area (Å²) in [6.07, 6.45) is 7.58. The first-order valence-corrected chi connectivity index (χ1v) is 12.2. The van der Waals surface area contributed by atoms with E-state index in [9.17, 15) is 14.7 Å². The van der Waals surface area contributed by atoms with Gasteiger partial charge in [0.25, 0.3) is 11.5 Å². The third kappa shape index (κ3) is 3.91. The lowest BCUT2D eigenvalue weighted by molar-refractivity contribution is 0.0997. The van der Waals surface area contributed by atoms with Crippen molar-refractivity contribution in [1.29, 1.82) is 0 Å². The number of aromatic nitrogens is 4. The largest absolute Gasteiger partial charge is 0.389 e. The van der Waals surface area contributed by atoms with E-state index in [1.807, 2.05) is 50.2 Å². The number of hydrogen-bond acceptors (Lipinski definition) is 5. The molecule has 2 aromatic carbocycles. The number of amides is 1. The van der Waals surface area contributed by atoms with Gasteiger partial charge in [0, 0.05) is 28.0 Å². The molecule has 1 amide bonds. The number of carbonyl (C=O) groups excluding carboxylic acids is 1. The lowest BCUT2D eigenvalue weighted by atomic mass is 9.95. The number of nitrogens with two attached hydrogens (primary N) is 1. The van der Waals surface area contributed by atoms with Crippen LogP contribution in [0.4, 0.5) is 0 Å². The number of aromatic amines is 1. The fraction of sp³-hybridized carbons (Fsp3) is 0.133. The van der Waals surface area contributed by atoms with E-state index in [0.29, 0.717) is 22.5 Å². The summed E-state index contributed by atoms with van der Waals surface area (Å²) in [5.41, 5.74) is 11.7. The number of benzene rings is 2. The molecular formula is C30H27N5O3. The van der Waals surface area contributed by atoms with E-state index < -0.39 is 12.0 Å². The number of nitrogens with zero attached hydrogens (tertiary/aromatic N) is 3. The first-order chi connectivity index (χ1) is 18.3. The second-order valence-electron chi connectivity index (χ2n) is 9.11. The lowest BCUT2D eigenvalue weighted by Gasteiger charge is -2.15. The van der Waals surface area contributed by atoms with E-state index in [1.165, 1.54) is 10.9 Å². The molecule has 1 atom stereocenters. The van der Waals surface area contributed by atoms with Crippen molar-refractivity contribution in [3.63, 3.8) is 0 Å². The summed E-state index contributed by atoms with van der Waals surface area (Å²) in [5, 5.41) is 11.7. The highest BCUT2D eigenvalue weighted by Crippen LogP contribution is 2.38. The summed E-state index contributed by atoms with van der Waals surface area (Å²) in [5.74, 6) is -0.647. The average Bonchev–Trinajstić information content (AvgIpc) is 3.28. The molecule has 0 aliphatic heterocycles. The van der Waals surface area contributed by atoms with Crippen LogP contribution in [0, 0.1) is 6.92 Å². The van der Waals surface area contributed by atoms with Crippen LogP contribution in [-0.4, -0.2) is 30.5 Å². The molecule has 38 heavy (non-hydrogen) atoms. The molecule has 0 spiro atoms. The van der Waals surface area contributed by atoms with Gasteiger partial charge in [0.05, 0.1) is 28.6 Å². The molecule has 5 rings (SSSR count). The molecule has 1 unspecified atom stereocenters. The molecular weight excluding hydrogens is 478 g/mol. The number of pyridine rings is 1. The fourth-order valence-corrected chi connectivity index (χ4v) is 4.90. The molecule has 0 radical (unpaired) electrons. The number of H-pyrrole nitrogens is 1. The van der Waals surface area contributed by atoms with Crippen LogP contribution in [0.5, 0.6) is 0 Å². The monoisotopic (exact) mass is 505 g/mol. The van der Waals surface area contributed by atoms with Crippen LogP contribution in [0.2, 0.25) is 0 Å². The van der Waals surface area contributed by atoms with Gasteiger partial charge in [-0.1, -0.05) is 43.0 Å². The van der Waals surface area contributed by atoms with E-state index in [-0.39, 0.29) is 11.3 Å². The van der Waals surface area contributed by atoms with Crippen molar-refractivity contribution in [1.82, 2.24) is 19.5 Å². The summed E-state index contributed by atoms with van der Waals surface area (Å²) in [6.45, 7) is 9.24. The number of hydrogen-bond donors (Lipinski definition) is 3. The molecule has 190 valence electrons. The Morgan fingerprint density at radius 3 is 2.68 bits per heavy atom. The minimum Gasteiger partial charge on any atom is -0.389 e. The fourth-order valence-electron chi connectivity index (χ4n) is 4.90. The predicted molar refractivity (Wildman–Crippen MR) is 151 cm³/mol. The van der Waals surface area contributed by atoms with E-state index in [1.54, 1.807) is 31.3 Å². The van der Waals surface area contributed by atoms with Crippen LogP contribution < -0.4 is 11.3 Å². The number of aliphatic hydroxyl groups excluding tert-OH is 1. The summed E-state index contributed by atoms with van der Waals surface area (Å²) >= 11 is 0. The second-order valence-corrected chi connectivity index (χ2v) is 9.11. The molecule has 4 N–H and O–H groups in total. The third-order valence-corrected chi connectivity index (χ3v) is 6.79. The summed E-state index contributed by atoms with van der Waals surface area (Å²) in [6, 6.07) is 11.3. The van der Waals surface area contributed by atoms with Gasteiger partial charge in [0.1, 0.15) is 6.33 Å². The number of aliphatic hydroxyl groups is 1. The van der Waals surface area contributed by atoms with Crippen molar-refractivity contribution in [3.8, 4) is 16.8 Å². The maximum atomic E-state index is 13.4. The number of primary amides is 1. The number of rotatable bonds is 6. The Hall–Kier alpha value is -4.82. The molecule has 0 aliphatic rings. The molecule has 5 aromatic rings. The molecule has 0 saturated carbocycles. The number of nitrogens with one attached hydrogen (secondary N) is 1. The summed E-state index contributed by atoms with van der Waals surface area (Å²) in [4.78, 5) is 37.8. The van der Waals surface area contributed by atoms with E-state index in [4.69, 9.17) is 5.73 Å². The number of fused-ring (bicyclic) bond motifs is 3. The highest BCUT2D eigenvalue weighted by Gasteiger charge is 2.21. The first-order valence-electron chi connectivity index (χ1n) is 12.2. The molecule has 0 saturated heterocycles. The standard InChI is InChI=1S/C30H27N5O3/c1-5-8-21-23(6-2)33-15-35(30(21)38)25-10-7-9-19(16(25)3)22-14-32-28(29(31)37)27-26(22)20-12-11-18(17(4)36)13-24(20)34-27/h5-15,17,34,36H,2H2,1,3-4H3,(H2,31,37)/b8-5-. The molecule has 8 nitrogen and oxygen atoms in total. The number of carbonyl (C=O) groups is 1. The molecule has 8 heteroatoms. The lowest BCUT2D eigenvalue weighted by Crippen LogP contribution is -2.23. The van der Waals surface area contributed by atoms with Gasteiger partial charge in [0.15, 0.2) is 5.69 Å². The van der Waals surface area contributed by atoms with Gasteiger partial charge in [0.2, 0.25) is 0 Å². The highest BCUT2D eigenvalue weighted by atomic mass is 16.3. The minimum absolute atomic E-state index is 0.129. The maximum Gasteiger partial charge on any atom is 0.269 e. The van der Waals surface area contributed by atoms with Crippen LogP contribution >= 0.6 is 0 Å². The van der Waals surface area contributed by atoms with Crippen molar-refractivity contribution in [3.05, 3.63) is 100 Å². The highest BCUT2D eigenvalue weighted by molar-refractivity contribution is 6.19. The van der Waals surface area contributed by atoms with Crippen molar-refractivity contribution < 1.29 is 9.90 Å². The second kappa shape index (κ2) is 9.57. The third-order valence-electron chi connectivity index (χ3n) is 6.79. The summed E-state index contributed by atoms with van der Waals surface area (Å²) in [7, 11) is 0. The molecule has 3 aromatic heterocycles. The first kappa shape index (κ1) is 24.9. The Labute approximate surface area is 218 Å². The number of allylic oxidation sites excluding steroid dienone is 1. The van der Waals surface area contributed by atoms with Gasteiger partial charge >= 0.3 is 0 Å². The van der Waals surface area contributed by atoms with Gasteiger partial charge < -0.3 is 15.8 Å². The Kier molecular flexibility index (Phi) is 6.26. The van der Waals surface area contributed by atoms with Crippen molar-refractivity contribution >= 4 is 39.9 Å². The van der Waals surface area contributed by atoms with Gasteiger partial charge in [-0.05, 0) is 55.7 Å². The SMILES string of the molecule is C=Cc1ncn(-c2cccc(-c3cnc(C(N)=O)c4[nH]c5cc(C(C)O)ccc5c34)c2C)c(=O)c1/C=C\C. The van der Waals surface area contributed by atoms with Crippen LogP contribution in [-0.2, 0) is 0 Å². The van der Waals surface area contributed by atoms with Crippen molar-refractivity contribution in [2.75, 3.05) is 0 Å². The zero-order chi connectivity index (χ0) is 27.1. The van der Waals surface area contributed by atoms with Crippen molar-refractivity contribution in [2.45, 2.75) is 26.9 Å². The van der Waals surface area contributed by atoms with Crippen LogP contribution in [0.25, 0.3) is 50.8 Å². The van der Waals surface area contributed by atoms with E-state index >= 15 is 0 Å². The molecule has 0 bridgehead atoms. The molecule has 0 aliphatic carbocycles. The van der Waals surface area contributed by atoms with Crippen molar-refractivity contribution in [2.24, 2.45) is 5.73 Å². The Morgan fingerprint density at radius 1 is 1.21 bits per heavy atom. The zero-order valence-electron chi connectivity index (χ0n) is 21.3. The normalized spacial score (nSPS) is 12.4. The maximum absolute atomic E-state index is 13.4. The molecule has 0 fully saturated rings. The van der Waals surface area contributed by atoms with Gasteiger partial charge in [-0.2, -0.15) is 0 Å². The van der Waals surface area contributed by atoms with Gasteiger partial charge in [-0.25, -0.2) is 9.97 Å². The predicted octanol–water partition coefficient (Wildman–Crippen LogP) is 5.07. The topological polar surface area (TPSA) is 127 Å². The van der Waals surface area contributed by atoms with Gasteiger partial charge in [-0.15, -0.1) is 0 Å². The van der Waals surface area contributed by atoms with Crippen LogP contribution in [0.1, 0.15) is 52.8 Å². The Morgan fingerprint density at radius 2 is 2.00 bits per heavy atom. The zero-order valence-corrected chi connectivity index (χ0v) is 21.3. The molecule has 3 heterocycles. The van der Waals surface area contributed by atoms with E-state index in [2.05, 4.69) is 21.5 Å². The average molecular weight is 506 g/mol. The smallest absolute Gasteiger partial charge is 0.269 e. The van der Waals surface area contributed by atoms with E-state index in [0.717, 1.165) is 38.5 Å². The van der Waals surface area contributed by atoms with Crippen LogP contribution in [0.15, 0.2) is 66.4 Å². The Balaban J connectivity index is 1.81. The Bertz CT molecular complexity index is 1840. The van der Waals surface area contributed by atoms with Gasteiger partial charge in [-0.3, -0.25) is 14.2 Å². The summed E-state index contributed by atoms with van der Waals surface area (Å²) < 4.78 is 1.52.